The number of carbonyl (C=O) groups is 1. The summed E-state index contributed by atoms with van der Waals surface area (Å²) in [7, 11) is 0. The number of aromatic nitrogens is 1. The van der Waals surface area contributed by atoms with Crippen LogP contribution in [0, 0.1) is 0 Å². The summed E-state index contributed by atoms with van der Waals surface area (Å²) in [5.41, 5.74) is 11.7. The zero-order valence-corrected chi connectivity index (χ0v) is 10.5. The molecule has 1 fully saturated rings. The van der Waals surface area contributed by atoms with E-state index >= 15 is 0 Å². The Morgan fingerprint density at radius 3 is 2.67 bits per heavy atom. The van der Waals surface area contributed by atoms with E-state index in [-0.39, 0.29) is 17.8 Å². The fourth-order valence-electron chi connectivity index (χ4n) is 2.06. The normalized spacial score (nSPS) is 16.6. The number of nitrogens with one attached hydrogen (secondary N) is 1. The number of rotatable bonds is 3. The topological polar surface area (TPSA) is 97.3 Å². The summed E-state index contributed by atoms with van der Waals surface area (Å²) in [6, 6.07) is 3.09. The van der Waals surface area contributed by atoms with Gasteiger partial charge in [0.1, 0.15) is 17.7 Å². The van der Waals surface area contributed by atoms with Gasteiger partial charge in [0, 0.05) is 13.1 Å². The van der Waals surface area contributed by atoms with Crippen LogP contribution in [0.15, 0.2) is 12.1 Å². The van der Waals surface area contributed by atoms with Crippen molar-refractivity contribution in [1.82, 2.24) is 9.88 Å². The number of carbonyl (C=O) groups excluding carboxylic acids is 1. The highest BCUT2D eigenvalue weighted by Crippen LogP contribution is 2.16. The molecule has 2 heterocycles. The smallest absolute Gasteiger partial charge is 0.244 e. The highest BCUT2D eigenvalue weighted by Gasteiger charge is 2.23. The van der Waals surface area contributed by atoms with Crippen LogP contribution in [0.1, 0.15) is 19.8 Å². The number of hydrogen-bond acceptors (Lipinski definition) is 5. The van der Waals surface area contributed by atoms with Crippen LogP contribution in [0.3, 0.4) is 0 Å². The summed E-state index contributed by atoms with van der Waals surface area (Å²) in [5.74, 6) is 0.951. The third-order valence-corrected chi connectivity index (χ3v) is 3.11. The Hall–Kier alpha value is -1.98. The maximum atomic E-state index is 12.1. The molecule has 1 aromatic rings. The van der Waals surface area contributed by atoms with E-state index < -0.39 is 0 Å². The highest BCUT2D eigenvalue weighted by atomic mass is 16.2. The molecule has 5 N–H and O–H groups in total. The maximum absolute atomic E-state index is 12.1. The first-order valence-electron chi connectivity index (χ1n) is 6.15. The number of anilines is 3. The Morgan fingerprint density at radius 2 is 2.06 bits per heavy atom. The van der Waals surface area contributed by atoms with E-state index in [1.807, 2.05) is 11.8 Å². The van der Waals surface area contributed by atoms with Gasteiger partial charge in [0.2, 0.25) is 5.91 Å². The number of nitrogen functional groups attached to an aromatic ring is 2. The zero-order valence-electron chi connectivity index (χ0n) is 10.5. The Kier molecular flexibility index (Phi) is 3.55. The van der Waals surface area contributed by atoms with Crippen LogP contribution in [0.2, 0.25) is 0 Å². The minimum Gasteiger partial charge on any atom is -0.396 e. The zero-order chi connectivity index (χ0) is 13.1. The maximum Gasteiger partial charge on any atom is 0.244 e. The lowest BCUT2D eigenvalue weighted by molar-refractivity contribution is -0.130. The first kappa shape index (κ1) is 12.5. The van der Waals surface area contributed by atoms with Crippen LogP contribution in [-0.2, 0) is 4.79 Å². The van der Waals surface area contributed by atoms with Gasteiger partial charge in [-0.2, -0.15) is 0 Å². The SMILES string of the molecule is CC(Nc1ccc(N)c(N)n1)C(=O)N1CCCC1. The van der Waals surface area contributed by atoms with Crippen molar-refractivity contribution in [3.63, 3.8) is 0 Å². The molecule has 1 aromatic heterocycles. The fraction of sp³-hybridized carbons (Fsp3) is 0.500. The summed E-state index contributed by atoms with van der Waals surface area (Å²) in [6.07, 6.45) is 2.18. The van der Waals surface area contributed by atoms with Crippen LogP contribution in [0.5, 0.6) is 0 Å². The van der Waals surface area contributed by atoms with Gasteiger partial charge in [0.05, 0.1) is 5.69 Å². The summed E-state index contributed by atoms with van der Waals surface area (Å²) >= 11 is 0. The quantitative estimate of drug-likeness (QED) is 0.731. The number of nitrogens with zero attached hydrogens (tertiary/aromatic N) is 2. The molecule has 1 atom stereocenters. The molecular weight excluding hydrogens is 230 g/mol. The second-order valence-corrected chi connectivity index (χ2v) is 4.57. The number of nitrogens with two attached hydrogens (primary N) is 2. The lowest BCUT2D eigenvalue weighted by Gasteiger charge is -2.21. The monoisotopic (exact) mass is 249 g/mol. The second-order valence-electron chi connectivity index (χ2n) is 4.57. The molecule has 1 unspecified atom stereocenters. The average Bonchev–Trinajstić information content (AvgIpc) is 2.86. The molecule has 1 aliphatic rings. The standard InChI is InChI=1S/C12H19N5O/c1-8(12(18)17-6-2-3-7-17)15-10-5-4-9(13)11(14)16-10/h4-5,8H,2-3,6-7,13H2,1H3,(H3,14,15,16). The molecule has 6 heteroatoms. The Labute approximate surface area is 106 Å². The molecule has 18 heavy (non-hydrogen) atoms. The highest BCUT2D eigenvalue weighted by molar-refractivity contribution is 5.84. The van der Waals surface area contributed by atoms with E-state index in [9.17, 15) is 4.79 Å². The largest absolute Gasteiger partial charge is 0.396 e. The molecule has 0 radical (unpaired) electrons. The van der Waals surface area contributed by atoms with Gasteiger partial charge in [0.25, 0.3) is 0 Å². The van der Waals surface area contributed by atoms with Crippen LogP contribution in [0.25, 0.3) is 0 Å². The van der Waals surface area contributed by atoms with Crippen molar-refractivity contribution < 1.29 is 4.79 Å². The Balaban J connectivity index is 1.99. The lowest BCUT2D eigenvalue weighted by atomic mass is 10.3. The predicted octanol–water partition coefficient (Wildman–Crippen LogP) is 0.669. The predicted molar refractivity (Wildman–Crippen MR) is 72.0 cm³/mol. The minimum atomic E-state index is -0.307. The number of pyridine rings is 1. The van der Waals surface area contributed by atoms with Gasteiger partial charge >= 0.3 is 0 Å². The number of hydrogen-bond donors (Lipinski definition) is 3. The van der Waals surface area contributed by atoms with Crippen molar-refractivity contribution in [3.8, 4) is 0 Å². The molecule has 1 amide bonds. The van der Waals surface area contributed by atoms with Gasteiger partial charge < -0.3 is 21.7 Å². The molecule has 6 nitrogen and oxygen atoms in total. The molecule has 1 aliphatic heterocycles. The van der Waals surface area contributed by atoms with E-state index in [1.54, 1.807) is 12.1 Å². The molecule has 0 bridgehead atoms. The molecule has 1 saturated heterocycles. The number of likely N-dealkylation sites (tertiary alicyclic amines) is 1. The second kappa shape index (κ2) is 5.12. The molecule has 98 valence electrons. The Bertz CT molecular complexity index is 442. The van der Waals surface area contributed by atoms with Crippen LogP contribution in [-0.4, -0.2) is 34.9 Å². The van der Waals surface area contributed by atoms with E-state index in [0.29, 0.717) is 11.5 Å². The van der Waals surface area contributed by atoms with Crippen LogP contribution < -0.4 is 16.8 Å². The van der Waals surface area contributed by atoms with Gasteiger partial charge in [-0.25, -0.2) is 4.98 Å². The lowest BCUT2D eigenvalue weighted by Crippen LogP contribution is -2.39. The first-order valence-corrected chi connectivity index (χ1v) is 6.15. The third-order valence-electron chi connectivity index (χ3n) is 3.11. The molecule has 0 spiro atoms. The number of amides is 1. The summed E-state index contributed by atoms with van der Waals surface area (Å²) in [5, 5.41) is 3.05. The molecular formula is C12H19N5O. The summed E-state index contributed by atoms with van der Waals surface area (Å²) < 4.78 is 0. The average molecular weight is 249 g/mol. The van der Waals surface area contributed by atoms with Gasteiger partial charge in [-0.3, -0.25) is 4.79 Å². The van der Waals surface area contributed by atoms with Crippen molar-refractivity contribution in [2.45, 2.75) is 25.8 Å². The molecule has 0 saturated carbocycles. The van der Waals surface area contributed by atoms with E-state index in [2.05, 4.69) is 10.3 Å². The van der Waals surface area contributed by atoms with E-state index in [1.165, 1.54) is 0 Å². The van der Waals surface area contributed by atoms with Crippen molar-refractivity contribution in [3.05, 3.63) is 12.1 Å². The van der Waals surface area contributed by atoms with Gasteiger partial charge in [0.15, 0.2) is 0 Å². The van der Waals surface area contributed by atoms with E-state index in [4.69, 9.17) is 11.5 Å². The Morgan fingerprint density at radius 1 is 1.39 bits per heavy atom. The van der Waals surface area contributed by atoms with Gasteiger partial charge in [-0.1, -0.05) is 0 Å². The summed E-state index contributed by atoms with van der Waals surface area (Å²) in [4.78, 5) is 18.0. The molecule has 0 aliphatic carbocycles. The van der Waals surface area contributed by atoms with Gasteiger partial charge in [-0.05, 0) is 31.9 Å². The molecule has 2 rings (SSSR count). The first-order chi connectivity index (χ1) is 8.58. The minimum absolute atomic E-state index is 0.102. The van der Waals surface area contributed by atoms with E-state index in [0.717, 1.165) is 25.9 Å². The van der Waals surface area contributed by atoms with Crippen molar-refractivity contribution in [1.29, 1.82) is 0 Å². The van der Waals surface area contributed by atoms with Crippen molar-refractivity contribution >= 4 is 23.2 Å². The molecule has 0 aromatic carbocycles. The van der Waals surface area contributed by atoms with Crippen LogP contribution >= 0.6 is 0 Å². The van der Waals surface area contributed by atoms with Crippen molar-refractivity contribution in [2.75, 3.05) is 29.9 Å². The van der Waals surface area contributed by atoms with Crippen LogP contribution in [0.4, 0.5) is 17.3 Å². The van der Waals surface area contributed by atoms with Gasteiger partial charge in [-0.15, -0.1) is 0 Å². The summed E-state index contributed by atoms with van der Waals surface area (Å²) in [6.45, 7) is 3.53. The fourth-order valence-corrected chi connectivity index (χ4v) is 2.06. The van der Waals surface area contributed by atoms with Crippen molar-refractivity contribution in [2.24, 2.45) is 0 Å². The third kappa shape index (κ3) is 2.64.